The fourth-order valence-corrected chi connectivity index (χ4v) is 0.827. The summed E-state index contributed by atoms with van der Waals surface area (Å²) in [5.41, 5.74) is 0.488. The summed E-state index contributed by atoms with van der Waals surface area (Å²) in [6.45, 7) is 3.58. The Kier molecular flexibility index (Phi) is 3.50. The Labute approximate surface area is 82.4 Å². The van der Waals surface area contributed by atoms with Gasteiger partial charge in [0.15, 0.2) is 0 Å². The Morgan fingerprint density at radius 2 is 1.79 bits per heavy atom. The van der Waals surface area contributed by atoms with E-state index in [4.69, 9.17) is 0 Å². The van der Waals surface area contributed by atoms with E-state index >= 15 is 0 Å². The molecule has 0 spiro atoms. The number of aliphatic hydroxyl groups is 3. The first-order valence-corrected chi connectivity index (χ1v) is 4.03. The average molecular weight is 190 g/mol. The van der Waals surface area contributed by atoms with Crippen LogP contribution in [0, 0.1) is 23.7 Å². The van der Waals surface area contributed by atoms with E-state index in [9.17, 15) is 15.3 Å². The Morgan fingerprint density at radius 3 is 2.50 bits per heavy atom. The van der Waals surface area contributed by atoms with Gasteiger partial charge in [0.25, 0.3) is 0 Å². The van der Waals surface area contributed by atoms with Crippen LogP contribution in [0.5, 0.6) is 0 Å². The predicted octanol–water partition coefficient (Wildman–Crippen LogP) is -0.798. The molecule has 14 heavy (non-hydrogen) atoms. The van der Waals surface area contributed by atoms with Crippen molar-refractivity contribution in [1.29, 1.82) is 0 Å². The molecule has 3 N–H and O–H groups in total. The molecule has 3 atom stereocenters. The van der Waals surface area contributed by atoms with Crippen LogP contribution in [0.2, 0.25) is 0 Å². The van der Waals surface area contributed by atoms with E-state index in [0.29, 0.717) is 5.57 Å². The lowest BCUT2D eigenvalue weighted by molar-refractivity contribution is -0.0134. The fourth-order valence-electron chi connectivity index (χ4n) is 0.827. The van der Waals surface area contributed by atoms with Crippen LogP contribution in [0.1, 0.15) is 0 Å². The van der Waals surface area contributed by atoms with Gasteiger partial charge in [-0.2, -0.15) is 0 Å². The van der Waals surface area contributed by atoms with Crippen LogP contribution in [0.15, 0.2) is 24.3 Å². The quantitative estimate of drug-likeness (QED) is 0.438. The molecular formula is C11H10O3. The zero-order valence-electron chi connectivity index (χ0n) is 7.44. The van der Waals surface area contributed by atoms with Crippen molar-refractivity contribution in [2.45, 2.75) is 18.3 Å². The van der Waals surface area contributed by atoms with E-state index in [0.717, 1.165) is 0 Å². The Bertz CT molecular complexity index is 373. The van der Waals surface area contributed by atoms with Gasteiger partial charge in [0.05, 0.1) is 0 Å². The maximum Gasteiger partial charge on any atom is 0.144 e. The molecule has 0 saturated carbocycles. The number of hydrogen-bond donors (Lipinski definition) is 3. The molecule has 1 aliphatic carbocycles. The van der Waals surface area contributed by atoms with Gasteiger partial charge in [-0.3, -0.25) is 0 Å². The Hall–Kier alpha value is -1.52. The van der Waals surface area contributed by atoms with Crippen molar-refractivity contribution in [1.82, 2.24) is 0 Å². The molecule has 1 rings (SSSR count). The van der Waals surface area contributed by atoms with Gasteiger partial charge in [-0.05, 0) is 12.2 Å². The number of hydrogen-bond acceptors (Lipinski definition) is 3. The molecule has 3 nitrogen and oxygen atoms in total. The van der Waals surface area contributed by atoms with E-state index in [1.165, 1.54) is 6.08 Å². The lowest BCUT2D eigenvalue weighted by Crippen LogP contribution is -2.35. The van der Waals surface area contributed by atoms with Crippen molar-refractivity contribution in [3.8, 4) is 23.7 Å². The third-order valence-corrected chi connectivity index (χ3v) is 1.63. The molecule has 0 aromatic heterocycles. The zero-order valence-corrected chi connectivity index (χ0v) is 7.44. The standard InChI is InChI=1S/C11H10O3/c1-8-4-2-3-5-9(12)11(14)10(13)7-6-8/h2,4,9-14H,1H2/b4-2+/t9-,10+,11+/m0/s1. The predicted molar refractivity (Wildman–Crippen MR) is 51.9 cm³/mol. The van der Waals surface area contributed by atoms with Gasteiger partial charge in [0.1, 0.15) is 18.3 Å². The lowest BCUT2D eigenvalue weighted by atomic mass is 10.1. The van der Waals surface area contributed by atoms with Gasteiger partial charge in [0.2, 0.25) is 0 Å². The van der Waals surface area contributed by atoms with E-state index in [-0.39, 0.29) is 0 Å². The second-order valence-electron chi connectivity index (χ2n) is 2.80. The molecule has 1 aliphatic rings. The highest BCUT2D eigenvalue weighted by molar-refractivity contribution is 5.40. The molecule has 0 amide bonds. The molecule has 0 heterocycles. The first-order chi connectivity index (χ1) is 6.61. The Balaban J connectivity index is 2.98. The first kappa shape index (κ1) is 10.6. The SMILES string of the molecule is C=C1C#C[C@@H](O)[C@H](O)[C@@H](O)C#C/C=C/1. The lowest BCUT2D eigenvalue weighted by Gasteiger charge is -2.14. The van der Waals surface area contributed by atoms with Crippen molar-refractivity contribution < 1.29 is 15.3 Å². The van der Waals surface area contributed by atoms with Gasteiger partial charge < -0.3 is 15.3 Å². The smallest absolute Gasteiger partial charge is 0.144 e. The molecule has 0 aromatic carbocycles. The first-order valence-electron chi connectivity index (χ1n) is 4.03. The highest BCUT2D eigenvalue weighted by Gasteiger charge is 2.21. The summed E-state index contributed by atoms with van der Waals surface area (Å²) in [5, 5.41) is 27.8. The monoisotopic (exact) mass is 190 g/mol. The van der Waals surface area contributed by atoms with Gasteiger partial charge in [0, 0.05) is 5.57 Å². The molecule has 72 valence electrons. The van der Waals surface area contributed by atoms with Crippen LogP contribution in [-0.2, 0) is 0 Å². The summed E-state index contributed by atoms with van der Waals surface area (Å²) in [7, 11) is 0. The van der Waals surface area contributed by atoms with E-state index in [1.807, 2.05) is 0 Å². The fraction of sp³-hybridized carbons (Fsp3) is 0.273. The van der Waals surface area contributed by atoms with Crippen LogP contribution >= 0.6 is 0 Å². The molecule has 0 unspecified atom stereocenters. The highest BCUT2D eigenvalue weighted by atomic mass is 16.4. The third-order valence-electron chi connectivity index (χ3n) is 1.63. The molecule has 0 saturated heterocycles. The molecule has 0 bridgehead atoms. The normalized spacial score (nSPS) is 33.4. The largest absolute Gasteiger partial charge is 0.386 e. The van der Waals surface area contributed by atoms with E-state index in [2.05, 4.69) is 30.3 Å². The third kappa shape index (κ3) is 2.76. The Morgan fingerprint density at radius 1 is 1.14 bits per heavy atom. The number of rotatable bonds is 0. The van der Waals surface area contributed by atoms with E-state index < -0.39 is 18.3 Å². The van der Waals surface area contributed by atoms with Crippen LogP contribution < -0.4 is 0 Å². The number of aliphatic hydroxyl groups excluding tert-OH is 3. The molecule has 0 aliphatic heterocycles. The second-order valence-corrected chi connectivity index (χ2v) is 2.80. The molecular weight excluding hydrogens is 180 g/mol. The summed E-state index contributed by atoms with van der Waals surface area (Å²) >= 11 is 0. The van der Waals surface area contributed by atoms with Crippen molar-refractivity contribution in [3.05, 3.63) is 24.3 Å². The maximum atomic E-state index is 9.30. The molecule has 3 heteroatoms. The summed E-state index contributed by atoms with van der Waals surface area (Å²) < 4.78 is 0. The minimum Gasteiger partial charge on any atom is -0.386 e. The van der Waals surface area contributed by atoms with Gasteiger partial charge in [-0.1, -0.05) is 30.3 Å². The summed E-state index contributed by atoms with van der Waals surface area (Å²) in [4.78, 5) is 0. The molecule has 0 radical (unpaired) electrons. The van der Waals surface area contributed by atoms with Gasteiger partial charge in [-0.15, -0.1) is 0 Å². The maximum absolute atomic E-state index is 9.30. The molecule has 0 fully saturated rings. The van der Waals surface area contributed by atoms with Crippen molar-refractivity contribution in [3.63, 3.8) is 0 Å². The number of allylic oxidation sites excluding steroid dienone is 3. The van der Waals surface area contributed by atoms with Crippen LogP contribution in [0.4, 0.5) is 0 Å². The summed E-state index contributed by atoms with van der Waals surface area (Å²) in [6.07, 6.45) is -0.950. The summed E-state index contributed by atoms with van der Waals surface area (Å²) in [5.74, 6) is 9.75. The van der Waals surface area contributed by atoms with Gasteiger partial charge >= 0.3 is 0 Å². The van der Waals surface area contributed by atoms with Crippen molar-refractivity contribution >= 4 is 0 Å². The van der Waals surface area contributed by atoms with Crippen LogP contribution in [-0.4, -0.2) is 33.6 Å². The zero-order chi connectivity index (χ0) is 10.6. The van der Waals surface area contributed by atoms with E-state index in [1.54, 1.807) is 6.08 Å². The minimum atomic E-state index is -1.38. The highest BCUT2D eigenvalue weighted by Crippen LogP contribution is 2.01. The summed E-state index contributed by atoms with van der Waals surface area (Å²) in [6, 6.07) is 0. The minimum absolute atomic E-state index is 0.488. The molecule has 0 aromatic rings. The van der Waals surface area contributed by atoms with Crippen LogP contribution in [0.3, 0.4) is 0 Å². The van der Waals surface area contributed by atoms with Crippen molar-refractivity contribution in [2.75, 3.05) is 0 Å². The second kappa shape index (κ2) is 4.64. The van der Waals surface area contributed by atoms with Crippen molar-refractivity contribution in [2.24, 2.45) is 0 Å². The average Bonchev–Trinajstić information content (AvgIpc) is 2.18. The topological polar surface area (TPSA) is 60.7 Å². The van der Waals surface area contributed by atoms with Crippen LogP contribution in [0.25, 0.3) is 0 Å². The van der Waals surface area contributed by atoms with Gasteiger partial charge in [-0.25, -0.2) is 0 Å².